The largest absolute Gasteiger partial charge is 0.383 e. The minimum atomic E-state index is -0.473. The molecule has 7 heteroatoms. The van der Waals surface area contributed by atoms with Crippen molar-refractivity contribution in [3.63, 3.8) is 0 Å². The molecule has 0 radical (unpaired) electrons. The van der Waals surface area contributed by atoms with E-state index in [4.69, 9.17) is 10.5 Å². The van der Waals surface area contributed by atoms with Crippen molar-refractivity contribution in [2.24, 2.45) is 0 Å². The Bertz CT molecular complexity index is 395. The number of ether oxygens (including phenoxy) is 1. The van der Waals surface area contributed by atoms with E-state index in [9.17, 15) is 10.1 Å². The molecule has 6 nitrogen and oxygen atoms in total. The van der Waals surface area contributed by atoms with Crippen LogP contribution in [0.15, 0.2) is 17.2 Å². The van der Waals surface area contributed by atoms with Gasteiger partial charge in [-0.1, -0.05) is 11.8 Å². The summed E-state index contributed by atoms with van der Waals surface area (Å²) in [6.45, 7) is 1.32. The van der Waals surface area contributed by atoms with Gasteiger partial charge in [-0.15, -0.1) is 0 Å². The highest BCUT2D eigenvalue weighted by Crippen LogP contribution is 2.29. The quantitative estimate of drug-likeness (QED) is 0.613. The van der Waals surface area contributed by atoms with Gasteiger partial charge in [0.2, 0.25) is 0 Å². The van der Waals surface area contributed by atoms with E-state index in [1.807, 2.05) is 0 Å². The van der Waals surface area contributed by atoms with E-state index in [0.717, 1.165) is 0 Å². The number of thioether (sulfide) groups is 1. The first kappa shape index (κ1) is 10.2. The van der Waals surface area contributed by atoms with Crippen molar-refractivity contribution < 1.29 is 9.66 Å². The van der Waals surface area contributed by atoms with Crippen LogP contribution in [-0.4, -0.2) is 28.4 Å². The van der Waals surface area contributed by atoms with Gasteiger partial charge in [0.05, 0.1) is 29.5 Å². The van der Waals surface area contributed by atoms with Gasteiger partial charge in [-0.2, -0.15) is 0 Å². The van der Waals surface area contributed by atoms with Crippen LogP contribution in [0.4, 0.5) is 11.5 Å². The summed E-state index contributed by atoms with van der Waals surface area (Å²) in [5.41, 5.74) is 5.45. The van der Waals surface area contributed by atoms with Crippen LogP contribution in [0.5, 0.6) is 0 Å². The van der Waals surface area contributed by atoms with E-state index in [0.29, 0.717) is 23.5 Å². The topological polar surface area (TPSA) is 91.3 Å². The van der Waals surface area contributed by atoms with Crippen molar-refractivity contribution in [2.75, 3.05) is 18.9 Å². The molecule has 0 aromatic carbocycles. The van der Waals surface area contributed by atoms with E-state index in [-0.39, 0.29) is 11.5 Å². The first-order valence-electron chi connectivity index (χ1n) is 4.31. The third-order valence-electron chi connectivity index (χ3n) is 1.91. The zero-order chi connectivity index (χ0) is 10.8. The van der Waals surface area contributed by atoms with E-state index >= 15 is 0 Å². The number of hydrogen-bond donors (Lipinski definition) is 1. The Labute approximate surface area is 90.0 Å². The lowest BCUT2D eigenvalue weighted by Crippen LogP contribution is -2.30. The zero-order valence-electron chi connectivity index (χ0n) is 7.75. The lowest BCUT2D eigenvalue weighted by atomic mass is 10.4. The molecule has 15 heavy (non-hydrogen) atoms. The van der Waals surface area contributed by atoms with Crippen LogP contribution in [0.25, 0.3) is 0 Å². The molecule has 1 aliphatic rings. The first-order chi connectivity index (χ1) is 7.15. The second-order valence-corrected chi connectivity index (χ2v) is 4.44. The second kappa shape index (κ2) is 4.03. The highest BCUT2D eigenvalue weighted by molar-refractivity contribution is 8.00. The molecule has 2 rings (SSSR count). The van der Waals surface area contributed by atoms with Crippen molar-refractivity contribution in [2.45, 2.75) is 10.3 Å². The van der Waals surface area contributed by atoms with Crippen LogP contribution in [0.1, 0.15) is 0 Å². The van der Waals surface area contributed by atoms with Crippen LogP contribution < -0.4 is 5.73 Å². The fraction of sp³-hybridized carbons (Fsp3) is 0.375. The van der Waals surface area contributed by atoms with Gasteiger partial charge in [0.25, 0.3) is 5.69 Å². The van der Waals surface area contributed by atoms with E-state index in [2.05, 4.69) is 4.98 Å². The Hall–Kier alpha value is -1.34. The molecule has 1 aromatic heterocycles. The molecule has 0 saturated carbocycles. The maximum absolute atomic E-state index is 10.6. The number of nitrogens with two attached hydrogens (primary N) is 1. The Kier molecular flexibility index (Phi) is 2.74. The van der Waals surface area contributed by atoms with Crippen LogP contribution in [-0.2, 0) is 4.74 Å². The van der Waals surface area contributed by atoms with Gasteiger partial charge in [0, 0.05) is 6.07 Å². The maximum Gasteiger partial charge on any atom is 0.275 e. The van der Waals surface area contributed by atoms with Crippen molar-refractivity contribution in [3.05, 3.63) is 22.2 Å². The smallest absolute Gasteiger partial charge is 0.275 e. The minimum absolute atomic E-state index is 0.0229. The molecule has 0 aliphatic carbocycles. The number of hydrogen-bond acceptors (Lipinski definition) is 6. The summed E-state index contributed by atoms with van der Waals surface area (Å²) in [6, 6.07) is 2.68. The molecule has 2 N–H and O–H groups in total. The molecule has 0 amide bonds. The monoisotopic (exact) mass is 227 g/mol. The number of nitrogens with zero attached hydrogens (tertiary/aromatic N) is 2. The molecule has 1 aromatic rings. The fourth-order valence-corrected chi connectivity index (χ4v) is 2.15. The Balaban J connectivity index is 2.18. The number of nitrogen functional groups attached to an aromatic ring is 1. The van der Waals surface area contributed by atoms with Gasteiger partial charge >= 0.3 is 0 Å². The van der Waals surface area contributed by atoms with E-state index in [1.165, 1.54) is 23.9 Å². The number of pyridine rings is 1. The summed E-state index contributed by atoms with van der Waals surface area (Å²) >= 11 is 1.46. The van der Waals surface area contributed by atoms with Gasteiger partial charge < -0.3 is 10.5 Å². The second-order valence-electron chi connectivity index (χ2n) is 3.12. The Morgan fingerprint density at radius 2 is 2.33 bits per heavy atom. The average molecular weight is 227 g/mol. The predicted octanol–water partition coefficient (Wildman–Crippen LogP) is 1.06. The summed E-state index contributed by atoms with van der Waals surface area (Å²) < 4.78 is 5.00. The summed E-state index contributed by atoms with van der Waals surface area (Å²) in [6.07, 6.45) is 0. The van der Waals surface area contributed by atoms with Gasteiger partial charge in [-0.3, -0.25) is 10.1 Å². The Morgan fingerprint density at radius 3 is 2.87 bits per heavy atom. The molecular weight excluding hydrogens is 218 g/mol. The van der Waals surface area contributed by atoms with Gasteiger partial charge in [-0.05, 0) is 0 Å². The highest BCUT2D eigenvalue weighted by Gasteiger charge is 2.21. The molecule has 0 spiro atoms. The third kappa shape index (κ3) is 2.37. The van der Waals surface area contributed by atoms with Crippen LogP contribution in [0, 0.1) is 10.1 Å². The molecule has 80 valence electrons. The molecule has 0 atom stereocenters. The van der Waals surface area contributed by atoms with Crippen LogP contribution >= 0.6 is 11.8 Å². The number of rotatable bonds is 3. The number of nitro groups is 1. The van der Waals surface area contributed by atoms with Gasteiger partial charge in [0.15, 0.2) is 0 Å². The SMILES string of the molecule is Nc1cc([N+](=O)[O-])cc(SC2COC2)n1. The average Bonchev–Trinajstić information content (AvgIpc) is 2.10. The van der Waals surface area contributed by atoms with Gasteiger partial charge in [-0.25, -0.2) is 4.98 Å². The molecule has 1 saturated heterocycles. The summed E-state index contributed by atoms with van der Waals surface area (Å²) in [5.74, 6) is 0.173. The standard InChI is InChI=1S/C8H9N3O3S/c9-7-1-5(11(12)13)2-8(10-7)15-6-3-14-4-6/h1-2,6H,3-4H2,(H2,9,10). The third-order valence-corrected chi connectivity index (χ3v) is 2.97. The van der Waals surface area contributed by atoms with Crippen LogP contribution in [0.2, 0.25) is 0 Å². The first-order valence-corrected chi connectivity index (χ1v) is 5.19. The Morgan fingerprint density at radius 1 is 1.60 bits per heavy atom. The van der Waals surface area contributed by atoms with Gasteiger partial charge in [0.1, 0.15) is 10.8 Å². The fourth-order valence-electron chi connectivity index (χ4n) is 1.13. The summed E-state index contributed by atoms with van der Waals surface area (Å²) in [5, 5.41) is 11.5. The minimum Gasteiger partial charge on any atom is -0.383 e. The van der Waals surface area contributed by atoms with Crippen LogP contribution in [0.3, 0.4) is 0 Å². The maximum atomic E-state index is 10.6. The van der Waals surface area contributed by atoms with Crippen molar-refractivity contribution in [1.29, 1.82) is 0 Å². The van der Waals surface area contributed by atoms with E-state index < -0.39 is 4.92 Å². The highest BCUT2D eigenvalue weighted by atomic mass is 32.2. The van der Waals surface area contributed by atoms with E-state index in [1.54, 1.807) is 0 Å². The van der Waals surface area contributed by atoms with Crippen molar-refractivity contribution >= 4 is 23.3 Å². The number of aromatic nitrogens is 1. The van der Waals surface area contributed by atoms with Crippen molar-refractivity contribution in [3.8, 4) is 0 Å². The lowest BCUT2D eigenvalue weighted by molar-refractivity contribution is -0.385. The molecule has 2 heterocycles. The normalized spacial score (nSPS) is 16.0. The molecule has 1 aliphatic heterocycles. The molecule has 0 unspecified atom stereocenters. The molecular formula is C8H9N3O3S. The molecule has 1 fully saturated rings. The lowest BCUT2D eigenvalue weighted by Gasteiger charge is -2.24. The molecule has 0 bridgehead atoms. The van der Waals surface area contributed by atoms with Crippen molar-refractivity contribution in [1.82, 2.24) is 4.98 Å². The predicted molar refractivity (Wildman–Crippen MR) is 55.8 cm³/mol. The number of anilines is 1. The zero-order valence-corrected chi connectivity index (χ0v) is 8.57. The summed E-state index contributed by atoms with van der Waals surface area (Å²) in [7, 11) is 0. The summed E-state index contributed by atoms with van der Waals surface area (Å²) in [4.78, 5) is 14.1.